The number of carboxylic acid groups (broad SMARTS) is 1. The lowest BCUT2D eigenvalue weighted by atomic mass is 10.00. The first-order valence-electron chi connectivity index (χ1n) is 6.72. The van der Waals surface area contributed by atoms with Crippen molar-refractivity contribution in [1.82, 2.24) is 0 Å². The van der Waals surface area contributed by atoms with Crippen LogP contribution in [0.5, 0.6) is 5.75 Å². The molecule has 0 radical (unpaired) electrons. The SMILES string of the molecule is COc1ccccc1-c1ccc(C/C(C)=C/C(=O)O)cc1. The summed E-state index contributed by atoms with van der Waals surface area (Å²) in [4.78, 5) is 10.6. The zero-order chi connectivity index (χ0) is 15.2. The van der Waals surface area contributed by atoms with Gasteiger partial charge in [0.05, 0.1) is 7.11 Å². The second kappa shape index (κ2) is 6.75. The highest BCUT2D eigenvalue weighted by atomic mass is 16.5. The van der Waals surface area contributed by atoms with Gasteiger partial charge in [0.15, 0.2) is 0 Å². The van der Waals surface area contributed by atoms with Gasteiger partial charge in [-0.1, -0.05) is 48.0 Å². The van der Waals surface area contributed by atoms with Gasteiger partial charge in [-0.2, -0.15) is 0 Å². The summed E-state index contributed by atoms with van der Waals surface area (Å²) in [5.74, 6) is -0.0645. The lowest BCUT2D eigenvalue weighted by molar-refractivity contribution is -0.131. The van der Waals surface area contributed by atoms with E-state index in [4.69, 9.17) is 9.84 Å². The molecule has 0 aliphatic heterocycles. The van der Waals surface area contributed by atoms with Crippen LogP contribution < -0.4 is 4.74 Å². The molecule has 3 nitrogen and oxygen atoms in total. The van der Waals surface area contributed by atoms with Crippen molar-refractivity contribution in [2.75, 3.05) is 7.11 Å². The molecule has 0 atom stereocenters. The number of benzene rings is 2. The van der Waals surface area contributed by atoms with Crippen molar-refractivity contribution in [3.05, 3.63) is 65.7 Å². The maximum Gasteiger partial charge on any atom is 0.328 e. The van der Waals surface area contributed by atoms with Crippen LogP contribution in [0, 0.1) is 0 Å². The maximum absolute atomic E-state index is 10.6. The van der Waals surface area contributed by atoms with E-state index in [1.165, 1.54) is 6.08 Å². The van der Waals surface area contributed by atoms with Crippen molar-refractivity contribution >= 4 is 5.97 Å². The molecule has 0 heterocycles. The normalized spacial score (nSPS) is 11.2. The van der Waals surface area contributed by atoms with E-state index in [0.717, 1.165) is 28.0 Å². The molecule has 0 bridgehead atoms. The Morgan fingerprint density at radius 1 is 1.14 bits per heavy atom. The maximum atomic E-state index is 10.6. The third kappa shape index (κ3) is 3.96. The van der Waals surface area contributed by atoms with E-state index >= 15 is 0 Å². The molecule has 2 aromatic rings. The van der Waals surface area contributed by atoms with Crippen molar-refractivity contribution in [1.29, 1.82) is 0 Å². The number of methoxy groups -OCH3 is 1. The predicted molar refractivity (Wildman–Crippen MR) is 83.5 cm³/mol. The van der Waals surface area contributed by atoms with E-state index in [-0.39, 0.29) is 0 Å². The van der Waals surface area contributed by atoms with E-state index in [1.807, 2.05) is 55.5 Å². The lowest BCUT2D eigenvalue weighted by Gasteiger charge is -2.09. The van der Waals surface area contributed by atoms with Gasteiger partial charge in [-0.05, 0) is 30.5 Å². The number of carboxylic acids is 1. The fraction of sp³-hybridized carbons (Fsp3) is 0.167. The average Bonchev–Trinajstić information content (AvgIpc) is 2.47. The van der Waals surface area contributed by atoms with Gasteiger partial charge in [0.2, 0.25) is 0 Å². The van der Waals surface area contributed by atoms with Gasteiger partial charge in [-0.3, -0.25) is 0 Å². The third-order valence-electron chi connectivity index (χ3n) is 3.22. The summed E-state index contributed by atoms with van der Waals surface area (Å²) in [7, 11) is 1.66. The van der Waals surface area contributed by atoms with Crippen molar-refractivity contribution in [3.8, 4) is 16.9 Å². The second-order valence-electron chi connectivity index (χ2n) is 4.90. The van der Waals surface area contributed by atoms with E-state index in [1.54, 1.807) is 7.11 Å². The van der Waals surface area contributed by atoms with Crippen LogP contribution in [0.3, 0.4) is 0 Å². The summed E-state index contributed by atoms with van der Waals surface area (Å²) in [6.07, 6.45) is 1.88. The Kier molecular flexibility index (Phi) is 4.77. The second-order valence-corrected chi connectivity index (χ2v) is 4.90. The van der Waals surface area contributed by atoms with Crippen molar-refractivity contribution < 1.29 is 14.6 Å². The molecule has 0 saturated carbocycles. The molecular formula is C18H18O3. The molecule has 0 aliphatic carbocycles. The average molecular weight is 282 g/mol. The Balaban J connectivity index is 2.21. The molecule has 21 heavy (non-hydrogen) atoms. The summed E-state index contributed by atoms with van der Waals surface area (Å²) in [6.45, 7) is 1.82. The molecule has 3 heteroatoms. The molecule has 0 fully saturated rings. The summed E-state index contributed by atoms with van der Waals surface area (Å²) in [5, 5.41) is 8.72. The van der Waals surface area contributed by atoms with Crippen LogP contribution in [0.2, 0.25) is 0 Å². The third-order valence-corrected chi connectivity index (χ3v) is 3.22. The van der Waals surface area contributed by atoms with Gasteiger partial charge >= 0.3 is 5.97 Å². The fourth-order valence-corrected chi connectivity index (χ4v) is 2.27. The molecule has 108 valence electrons. The summed E-state index contributed by atoms with van der Waals surface area (Å²) in [6, 6.07) is 16.0. The van der Waals surface area contributed by atoms with Crippen LogP contribution in [0.1, 0.15) is 12.5 Å². The number of hydrogen-bond acceptors (Lipinski definition) is 2. The molecule has 0 saturated heterocycles. The minimum atomic E-state index is -0.904. The van der Waals surface area contributed by atoms with Gasteiger partial charge in [-0.25, -0.2) is 4.79 Å². The van der Waals surface area contributed by atoms with Crippen LogP contribution in [-0.4, -0.2) is 18.2 Å². The first kappa shape index (κ1) is 14.9. The van der Waals surface area contributed by atoms with Crippen LogP contribution in [0.4, 0.5) is 0 Å². The molecular weight excluding hydrogens is 264 g/mol. The first-order chi connectivity index (χ1) is 10.1. The Morgan fingerprint density at radius 3 is 2.43 bits per heavy atom. The monoisotopic (exact) mass is 282 g/mol. The lowest BCUT2D eigenvalue weighted by Crippen LogP contribution is -1.93. The molecule has 0 aliphatic rings. The fourth-order valence-electron chi connectivity index (χ4n) is 2.27. The molecule has 0 spiro atoms. The van der Waals surface area contributed by atoms with Gasteiger partial charge in [-0.15, -0.1) is 0 Å². The number of carbonyl (C=O) groups is 1. The number of ether oxygens (including phenoxy) is 1. The molecule has 0 aromatic heterocycles. The summed E-state index contributed by atoms with van der Waals surface area (Å²) >= 11 is 0. The van der Waals surface area contributed by atoms with E-state index in [2.05, 4.69) is 0 Å². The van der Waals surface area contributed by atoms with Crippen LogP contribution >= 0.6 is 0 Å². The number of allylic oxidation sites excluding steroid dienone is 1. The number of rotatable bonds is 5. The molecule has 0 unspecified atom stereocenters. The van der Waals surface area contributed by atoms with E-state index in [9.17, 15) is 4.79 Å². The highest BCUT2D eigenvalue weighted by Crippen LogP contribution is 2.29. The van der Waals surface area contributed by atoms with Gasteiger partial charge < -0.3 is 9.84 Å². The minimum absolute atomic E-state index is 0.637. The number of para-hydroxylation sites is 1. The van der Waals surface area contributed by atoms with Crippen molar-refractivity contribution in [3.63, 3.8) is 0 Å². The Bertz CT molecular complexity index is 654. The zero-order valence-electron chi connectivity index (χ0n) is 12.2. The Labute approximate surface area is 124 Å². The molecule has 1 N–H and O–H groups in total. The van der Waals surface area contributed by atoms with E-state index in [0.29, 0.717) is 6.42 Å². The topological polar surface area (TPSA) is 46.5 Å². The van der Waals surface area contributed by atoms with Crippen LogP contribution in [0.15, 0.2) is 60.2 Å². The standard InChI is InChI=1S/C18H18O3/c1-13(12-18(19)20)11-14-7-9-15(10-8-14)16-5-3-4-6-17(16)21-2/h3-10,12H,11H2,1-2H3,(H,19,20)/b13-12+. The number of hydrogen-bond donors (Lipinski definition) is 1. The summed E-state index contributed by atoms with van der Waals surface area (Å²) < 4.78 is 5.36. The smallest absolute Gasteiger partial charge is 0.328 e. The quantitative estimate of drug-likeness (QED) is 0.845. The Hall–Kier alpha value is -2.55. The Morgan fingerprint density at radius 2 is 1.81 bits per heavy atom. The van der Waals surface area contributed by atoms with Crippen molar-refractivity contribution in [2.24, 2.45) is 0 Å². The molecule has 2 aromatic carbocycles. The largest absolute Gasteiger partial charge is 0.496 e. The highest BCUT2D eigenvalue weighted by Gasteiger charge is 2.05. The van der Waals surface area contributed by atoms with Crippen molar-refractivity contribution in [2.45, 2.75) is 13.3 Å². The summed E-state index contributed by atoms with van der Waals surface area (Å²) in [5.41, 5.74) is 4.04. The molecule has 2 rings (SSSR count). The van der Waals surface area contributed by atoms with E-state index < -0.39 is 5.97 Å². The number of aliphatic carboxylic acids is 1. The predicted octanol–water partition coefficient (Wildman–Crippen LogP) is 3.94. The van der Waals surface area contributed by atoms with Crippen LogP contribution in [0.25, 0.3) is 11.1 Å². The minimum Gasteiger partial charge on any atom is -0.496 e. The van der Waals surface area contributed by atoms with Gasteiger partial charge in [0, 0.05) is 11.6 Å². The van der Waals surface area contributed by atoms with Crippen LogP contribution in [-0.2, 0) is 11.2 Å². The first-order valence-corrected chi connectivity index (χ1v) is 6.72. The zero-order valence-corrected chi connectivity index (χ0v) is 12.2. The highest BCUT2D eigenvalue weighted by molar-refractivity contribution is 5.80. The van der Waals surface area contributed by atoms with Gasteiger partial charge in [0.25, 0.3) is 0 Å². The molecule has 0 amide bonds. The van der Waals surface area contributed by atoms with Gasteiger partial charge in [0.1, 0.15) is 5.75 Å².